The largest absolute Gasteiger partial charge is 0.493 e. The monoisotopic (exact) mass is 426 g/mol. The minimum atomic E-state index is -0.385. The molecule has 3 aromatic carbocycles. The molecule has 0 radical (unpaired) electrons. The van der Waals surface area contributed by atoms with E-state index in [1.807, 2.05) is 54.6 Å². The van der Waals surface area contributed by atoms with Crippen LogP contribution in [0.2, 0.25) is 0 Å². The van der Waals surface area contributed by atoms with Gasteiger partial charge in [0.05, 0.1) is 7.11 Å². The summed E-state index contributed by atoms with van der Waals surface area (Å²) in [6, 6.07) is 27.2. The summed E-state index contributed by atoms with van der Waals surface area (Å²) < 4.78 is 11.3. The first-order valence-electron chi connectivity index (χ1n) is 10.5. The number of hydrogen-bond acceptors (Lipinski definition) is 4. The molecule has 0 saturated carbocycles. The number of ether oxygens (including phenoxy) is 2. The summed E-state index contributed by atoms with van der Waals surface area (Å²) in [5.41, 5.74) is 3.00. The van der Waals surface area contributed by atoms with Crippen molar-refractivity contribution in [2.24, 2.45) is 0 Å². The summed E-state index contributed by atoms with van der Waals surface area (Å²) in [5.74, 6) is 0.747. The molecule has 0 aliphatic heterocycles. The van der Waals surface area contributed by atoms with Crippen molar-refractivity contribution in [2.45, 2.75) is 19.4 Å². The van der Waals surface area contributed by atoms with Crippen LogP contribution in [0.5, 0.6) is 11.5 Å². The molecule has 0 aliphatic rings. The molecule has 0 heterocycles. The van der Waals surface area contributed by atoms with Crippen molar-refractivity contribution in [3.63, 3.8) is 0 Å². The molecule has 162 valence electrons. The van der Waals surface area contributed by atoms with E-state index in [1.54, 1.807) is 31.4 Å². The molecule has 5 heteroatoms. The number of carbonyl (C=O) groups excluding carboxylic acids is 1. The highest BCUT2D eigenvalue weighted by atomic mass is 16.5. The minimum absolute atomic E-state index is 0.0460. The van der Waals surface area contributed by atoms with Crippen LogP contribution in [-0.2, 0) is 17.8 Å². The van der Waals surface area contributed by atoms with E-state index in [0.29, 0.717) is 30.2 Å². The van der Waals surface area contributed by atoms with Crippen molar-refractivity contribution in [2.75, 3.05) is 13.7 Å². The molecule has 0 bridgehead atoms. The highest BCUT2D eigenvalue weighted by molar-refractivity contribution is 6.01. The van der Waals surface area contributed by atoms with Crippen LogP contribution in [0.1, 0.15) is 23.1 Å². The molecule has 0 atom stereocenters. The van der Waals surface area contributed by atoms with Gasteiger partial charge < -0.3 is 14.8 Å². The maximum absolute atomic E-state index is 12.4. The quantitative estimate of drug-likeness (QED) is 0.283. The Balaban J connectivity index is 1.59. The topological polar surface area (TPSA) is 71.3 Å². The van der Waals surface area contributed by atoms with Crippen molar-refractivity contribution in [3.8, 4) is 17.6 Å². The van der Waals surface area contributed by atoms with Crippen LogP contribution in [0.4, 0.5) is 0 Å². The summed E-state index contributed by atoms with van der Waals surface area (Å²) in [6.45, 7) is 0.920. The van der Waals surface area contributed by atoms with E-state index in [2.05, 4.69) is 17.4 Å². The third-order valence-electron chi connectivity index (χ3n) is 4.87. The average molecular weight is 427 g/mol. The number of nitrogens with zero attached hydrogens (tertiary/aromatic N) is 1. The first-order valence-corrected chi connectivity index (χ1v) is 10.5. The number of aryl methyl sites for hydroxylation is 1. The van der Waals surface area contributed by atoms with Crippen LogP contribution in [0.15, 0.2) is 84.4 Å². The molecule has 1 amide bonds. The van der Waals surface area contributed by atoms with Gasteiger partial charge in [-0.15, -0.1) is 0 Å². The van der Waals surface area contributed by atoms with E-state index >= 15 is 0 Å². The summed E-state index contributed by atoms with van der Waals surface area (Å²) in [5, 5.41) is 12.3. The summed E-state index contributed by atoms with van der Waals surface area (Å²) in [6.07, 6.45) is 3.22. The standard InChI is InChI=1S/C27H26N2O3/c1-31-26-18-23(14-15-25(26)32-20-22-11-6-3-7-12-22)17-24(19-28)27(30)29-16-8-13-21-9-4-2-5-10-21/h2-7,9-12,14-15,17-18H,8,13,16,20H2,1H3,(H,29,30)/b24-17-. The van der Waals surface area contributed by atoms with E-state index in [0.717, 1.165) is 18.4 Å². The normalized spacial score (nSPS) is 10.8. The molecule has 1 N–H and O–H groups in total. The molecule has 5 nitrogen and oxygen atoms in total. The Labute approximate surface area is 188 Å². The molecule has 32 heavy (non-hydrogen) atoms. The van der Waals surface area contributed by atoms with E-state index in [1.165, 1.54) is 5.56 Å². The van der Waals surface area contributed by atoms with Crippen molar-refractivity contribution >= 4 is 12.0 Å². The molecule has 0 saturated heterocycles. The van der Waals surface area contributed by atoms with Gasteiger partial charge >= 0.3 is 0 Å². The number of methoxy groups -OCH3 is 1. The second-order valence-electron chi connectivity index (χ2n) is 7.20. The van der Waals surface area contributed by atoms with Crippen molar-refractivity contribution in [3.05, 3.63) is 101 Å². The predicted molar refractivity (Wildman–Crippen MR) is 125 cm³/mol. The average Bonchev–Trinajstić information content (AvgIpc) is 2.85. The molecule has 0 aromatic heterocycles. The lowest BCUT2D eigenvalue weighted by Gasteiger charge is -2.11. The number of benzene rings is 3. The van der Waals surface area contributed by atoms with E-state index in [-0.39, 0.29) is 11.5 Å². The summed E-state index contributed by atoms with van der Waals surface area (Å²) in [4.78, 5) is 12.4. The molecule has 3 rings (SSSR count). The second-order valence-corrected chi connectivity index (χ2v) is 7.20. The number of nitriles is 1. The number of rotatable bonds is 10. The van der Waals surface area contributed by atoms with Crippen molar-refractivity contribution in [1.82, 2.24) is 5.32 Å². The third kappa shape index (κ3) is 6.75. The fraction of sp³-hybridized carbons (Fsp3) is 0.185. The Kier molecular flexibility index (Phi) is 8.47. The Hall–Kier alpha value is -4.04. The number of amides is 1. The maximum Gasteiger partial charge on any atom is 0.261 e. The van der Waals surface area contributed by atoms with Crippen molar-refractivity contribution < 1.29 is 14.3 Å². The van der Waals surface area contributed by atoms with Crippen molar-refractivity contribution in [1.29, 1.82) is 5.26 Å². The fourth-order valence-corrected chi connectivity index (χ4v) is 3.18. The minimum Gasteiger partial charge on any atom is -0.493 e. The van der Waals surface area contributed by atoms with Gasteiger partial charge in [-0.05, 0) is 47.7 Å². The van der Waals surface area contributed by atoms with Crippen LogP contribution < -0.4 is 14.8 Å². The second kappa shape index (κ2) is 12.0. The van der Waals surface area contributed by atoms with E-state index in [9.17, 15) is 10.1 Å². The zero-order valence-corrected chi connectivity index (χ0v) is 18.1. The Morgan fingerprint density at radius 2 is 1.66 bits per heavy atom. The maximum atomic E-state index is 12.4. The van der Waals surface area contributed by atoms with E-state index < -0.39 is 0 Å². The van der Waals surface area contributed by atoms with Gasteiger partial charge in [0.25, 0.3) is 5.91 Å². The zero-order chi connectivity index (χ0) is 22.6. The van der Waals surface area contributed by atoms with Gasteiger partial charge in [-0.2, -0.15) is 5.26 Å². The fourth-order valence-electron chi connectivity index (χ4n) is 3.18. The lowest BCUT2D eigenvalue weighted by molar-refractivity contribution is -0.117. The first-order chi connectivity index (χ1) is 15.7. The molecule has 0 fully saturated rings. The van der Waals surface area contributed by atoms with Gasteiger partial charge in [-0.1, -0.05) is 66.7 Å². The zero-order valence-electron chi connectivity index (χ0n) is 18.1. The lowest BCUT2D eigenvalue weighted by Crippen LogP contribution is -2.25. The highest BCUT2D eigenvalue weighted by Crippen LogP contribution is 2.29. The highest BCUT2D eigenvalue weighted by Gasteiger charge is 2.11. The summed E-state index contributed by atoms with van der Waals surface area (Å²) in [7, 11) is 1.56. The number of hydrogen-bond donors (Lipinski definition) is 1. The van der Waals surface area contributed by atoms with Gasteiger partial charge in [-0.25, -0.2) is 0 Å². The number of carbonyl (C=O) groups is 1. The molecule has 0 aliphatic carbocycles. The lowest BCUT2D eigenvalue weighted by atomic mass is 10.1. The van der Waals surface area contributed by atoms with Crippen LogP contribution in [0.3, 0.4) is 0 Å². The SMILES string of the molecule is COc1cc(/C=C(/C#N)C(=O)NCCCc2ccccc2)ccc1OCc1ccccc1. The van der Waals surface area contributed by atoms with Crippen LogP contribution in [-0.4, -0.2) is 19.6 Å². The summed E-state index contributed by atoms with van der Waals surface area (Å²) >= 11 is 0. The Morgan fingerprint density at radius 1 is 0.969 bits per heavy atom. The Bertz CT molecular complexity index is 1090. The van der Waals surface area contributed by atoms with Crippen LogP contribution in [0, 0.1) is 11.3 Å². The Morgan fingerprint density at radius 3 is 2.31 bits per heavy atom. The number of nitrogens with one attached hydrogen (secondary N) is 1. The van der Waals surface area contributed by atoms with E-state index in [4.69, 9.17) is 9.47 Å². The van der Waals surface area contributed by atoms with Gasteiger partial charge in [0.15, 0.2) is 11.5 Å². The third-order valence-corrected chi connectivity index (χ3v) is 4.87. The smallest absolute Gasteiger partial charge is 0.261 e. The molecular weight excluding hydrogens is 400 g/mol. The molecule has 0 unspecified atom stereocenters. The van der Waals surface area contributed by atoms with Crippen LogP contribution >= 0.6 is 0 Å². The first kappa shape index (κ1) is 22.6. The van der Waals surface area contributed by atoms with Gasteiger partial charge in [0.2, 0.25) is 0 Å². The van der Waals surface area contributed by atoms with Gasteiger partial charge in [0.1, 0.15) is 18.2 Å². The van der Waals surface area contributed by atoms with Crippen LogP contribution in [0.25, 0.3) is 6.08 Å². The molecular formula is C27H26N2O3. The predicted octanol–water partition coefficient (Wildman–Crippen LogP) is 4.93. The van der Waals surface area contributed by atoms with Gasteiger partial charge in [-0.3, -0.25) is 4.79 Å². The molecule has 0 spiro atoms. The van der Waals surface area contributed by atoms with Gasteiger partial charge in [0, 0.05) is 6.54 Å². The molecule has 3 aromatic rings.